The third kappa shape index (κ3) is 4.91. The molecule has 0 aromatic heterocycles. The molecule has 0 heterocycles. The molecule has 0 radical (unpaired) electrons. The number of hydrogen-bond donors (Lipinski definition) is 2. The predicted molar refractivity (Wildman–Crippen MR) is 70.3 cm³/mol. The van der Waals surface area contributed by atoms with Gasteiger partial charge in [-0.25, -0.2) is 9.18 Å². The molecule has 1 amide bonds. The Balaban J connectivity index is 3.04. The number of carboxylic acids is 1. The van der Waals surface area contributed by atoms with E-state index in [1.165, 1.54) is 18.2 Å². The van der Waals surface area contributed by atoms with Gasteiger partial charge in [0.25, 0.3) is 5.91 Å². The van der Waals surface area contributed by atoms with E-state index < -0.39 is 23.2 Å². The van der Waals surface area contributed by atoms with Crippen molar-refractivity contribution in [1.82, 2.24) is 5.32 Å². The van der Waals surface area contributed by atoms with Crippen molar-refractivity contribution in [3.63, 3.8) is 0 Å². The van der Waals surface area contributed by atoms with Gasteiger partial charge in [0, 0.05) is 11.6 Å². The quantitative estimate of drug-likeness (QED) is 0.825. The lowest BCUT2D eigenvalue weighted by Crippen LogP contribution is -2.40. The SMILES string of the molecule is CC(C)(C)NC(=O)c1cc(C=CC(=O)O)ccc1F. The zero-order valence-electron chi connectivity index (χ0n) is 11.0. The summed E-state index contributed by atoms with van der Waals surface area (Å²) < 4.78 is 13.6. The molecule has 5 heteroatoms. The highest BCUT2D eigenvalue weighted by atomic mass is 19.1. The van der Waals surface area contributed by atoms with Crippen LogP contribution in [0, 0.1) is 5.82 Å². The maximum absolute atomic E-state index is 13.6. The largest absolute Gasteiger partial charge is 0.478 e. The summed E-state index contributed by atoms with van der Waals surface area (Å²) >= 11 is 0. The van der Waals surface area contributed by atoms with Gasteiger partial charge < -0.3 is 10.4 Å². The number of carbonyl (C=O) groups excluding carboxylic acids is 1. The minimum absolute atomic E-state index is 0.109. The number of carbonyl (C=O) groups is 2. The molecule has 19 heavy (non-hydrogen) atoms. The van der Waals surface area contributed by atoms with Gasteiger partial charge in [-0.05, 0) is 44.5 Å². The van der Waals surface area contributed by atoms with Crippen molar-refractivity contribution in [2.24, 2.45) is 0 Å². The van der Waals surface area contributed by atoms with E-state index in [0.29, 0.717) is 5.56 Å². The molecule has 0 spiro atoms. The molecule has 1 aromatic rings. The van der Waals surface area contributed by atoms with Crippen LogP contribution in [0.3, 0.4) is 0 Å². The van der Waals surface area contributed by atoms with Crippen molar-refractivity contribution in [3.8, 4) is 0 Å². The van der Waals surface area contributed by atoms with E-state index in [4.69, 9.17) is 5.11 Å². The predicted octanol–water partition coefficient (Wildman–Crippen LogP) is 2.45. The second kappa shape index (κ2) is 5.65. The van der Waals surface area contributed by atoms with Crippen LogP contribution in [0.2, 0.25) is 0 Å². The summed E-state index contributed by atoms with van der Waals surface area (Å²) in [6.45, 7) is 5.37. The number of aliphatic carboxylic acids is 1. The van der Waals surface area contributed by atoms with Crippen LogP contribution in [0.15, 0.2) is 24.3 Å². The molecule has 0 unspecified atom stereocenters. The Morgan fingerprint density at radius 1 is 1.32 bits per heavy atom. The van der Waals surface area contributed by atoms with Crippen LogP contribution in [0.1, 0.15) is 36.7 Å². The average molecular weight is 265 g/mol. The molecule has 1 rings (SSSR count). The van der Waals surface area contributed by atoms with Gasteiger partial charge in [0.2, 0.25) is 0 Å². The lowest BCUT2D eigenvalue weighted by Gasteiger charge is -2.20. The number of hydrogen-bond acceptors (Lipinski definition) is 2. The van der Waals surface area contributed by atoms with E-state index in [1.54, 1.807) is 20.8 Å². The smallest absolute Gasteiger partial charge is 0.328 e. The van der Waals surface area contributed by atoms with Crippen LogP contribution in [-0.2, 0) is 4.79 Å². The van der Waals surface area contributed by atoms with Crippen molar-refractivity contribution in [1.29, 1.82) is 0 Å². The Kier molecular flexibility index (Phi) is 4.43. The molecule has 0 bridgehead atoms. The molecule has 0 fully saturated rings. The summed E-state index contributed by atoms with van der Waals surface area (Å²) in [5, 5.41) is 11.2. The summed E-state index contributed by atoms with van der Waals surface area (Å²) in [4.78, 5) is 22.3. The third-order valence-electron chi connectivity index (χ3n) is 2.14. The number of nitrogens with one attached hydrogen (secondary N) is 1. The highest BCUT2D eigenvalue weighted by Gasteiger charge is 2.18. The first-order chi connectivity index (χ1) is 8.69. The highest BCUT2D eigenvalue weighted by Crippen LogP contribution is 2.13. The van der Waals surface area contributed by atoms with Gasteiger partial charge >= 0.3 is 5.97 Å². The molecule has 0 aliphatic carbocycles. The highest BCUT2D eigenvalue weighted by molar-refractivity contribution is 5.95. The monoisotopic (exact) mass is 265 g/mol. The summed E-state index contributed by atoms with van der Waals surface area (Å²) in [7, 11) is 0. The molecule has 1 aromatic carbocycles. The van der Waals surface area contributed by atoms with Gasteiger partial charge in [-0.1, -0.05) is 6.07 Å². The number of amides is 1. The fourth-order valence-corrected chi connectivity index (χ4v) is 1.40. The lowest BCUT2D eigenvalue weighted by atomic mass is 10.1. The molecule has 0 atom stereocenters. The van der Waals surface area contributed by atoms with Crippen molar-refractivity contribution >= 4 is 18.0 Å². The first-order valence-electron chi connectivity index (χ1n) is 5.72. The van der Waals surface area contributed by atoms with Crippen molar-refractivity contribution in [2.45, 2.75) is 26.3 Å². The fraction of sp³-hybridized carbons (Fsp3) is 0.286. The Morgan fingerprint density at radius 3 is 2.47 bits per heavy atom. The molecule has 0 saturated heterocycles. The van der Waals surface area contributed by atoms with Crippen LogP contribution in [-0.4, -0.2) is 22.5 Å². The zero-order chi connectivity index (χ0) is 14.6. The summed E-state index contributed by atoms with van der Waals surface area (Å²) in [5.41, 5.74) is -0.138. The lowest BCUT2D eigenvalue weighted by molar-refractivity contribution is -0.131. The molecule has 2 N–H and O–H groups in total. The van der Waals surface area contributed by atoms with Gasteiger partial charge in [0.1, 0.15) is 5.82 Å². The van der Waals surface area contributed by atoms with Crippen molar-refractivity contribution in [2.75, 3.05) is 0 Å². The average Bonchev–Trinajstić information content (AvgIpc) is 2.25. The second-order valence-electron chi connectivity index (χ2n) is 5.11. The Morgan fingerprint density at radius 2 is 1.95 bits per heavy atom. The van der Waals surface area contributed by atoms with E-state index >= 15 is 0 Å². The standard InChI is InChI=1S/C14H16FNO3/c1-14(2,3)16-13(19)10-8-9(4-6-11(10)15)5-7-12(17)18/h4-8H,1-3H3,(H,16,19)(H,17,18). The maximum Gasteiger partial charge on any atom is 0.328 e. The molecule has 0 saturated carbocycles. The summed E-state index contributed by atoms with van der Waals surface area (Å²) in [5.74, 6) is -2.28. The summed E-state index contributed by atoms with van der Waals surface area (Å²) in [6, 6.07) is 3.86. The number of carboxylic acid groups (broad SMARTS) is 1. The van der Waals surface area contributed by atoms with Gasteiger partial charge in [-0.2, -0.15) is 0 Å². The minimum Gasteiger partial charge on any atom is -0.478 e. The molecule has 0 aliphatic rings. The van der Waals surface area contributed by atoms with E-state index in [9.17, 15) is 14.0 Å². The zero-order valence-corrected chi connectivity index (χ0v) is 11.0. The molecular weight excluding hydrogens is 249 g/mol. The minimum atomic E-state index is -1.11. The van der Waals surface area contributed by atoms with Gasteiger partial charge in [-0.15, -0.1) is 0 Å². The van der Waals surface area contributed by atoms with Crippen LogP contribution in [0.4, 0.5) is 4.39 Å². The Labute approximate surface area is 110 Å². The maximum atomic E-state index is 13.6. The number of benzene rings is 1. The Hall–Kier alpha value is -2.17. The van der Waals surface area contributed by atoms with Crippen molar-refractivity contribution in [3.05, 3.63) is 41.2 Å². The van der Waals surface area contributed by atoms with E-state index in [0.717, 1.165) is 12.1 Å². The van der Waals surface area contributed by atoms with E-state index in [2.05, 4.69) is 5.32 Å². The van der Waals surface area contributed by atoms with E-state index in [1.807, 2.05) is 0 Å². The number of halogens is 1. The number of rotatable bonds is 3. The van der Waals surface area contributed by atoms with Crippen LogP contribution in [0.25, 0.3) is 6.08 Å². The first-order valence-corrected chi connectivity index (χ1v) is 5.72. The molecule has 4 nitrogen and oxygen atoms in total. The first kappa shape index (κ1) is 14.9. The molecule has 0 aliphatic heterocycles. The third-order valence-corrected chi connectivity index (χ3v) is 2.14. The molecular formula is C14H16FNO3. The second-order valence-corrected chi connectivity index (χ2v) is 5.11. The molecule has 102 valence electrons. The van der Waals surface area contributed by atoms with E-state index in [-0.39, 0.29) is 5.56 Å². The van der Waals surface area contributed by atoms with Crippen LogP contribution in [0.5, 0.6) is 0 Å². The topological polar surface area (TPSA) is 66.4 Å². The fourth-order valence-electron chi connectivity index (χ4n) is 1.40. The normalized spacial score (nSPS) is 11.6. The van der Waals surface area contributed by atoms with Crippen molar-refractivity contribution < 1.29 is 19.1 Å². The summed E-state index contributed by atoms with van der Waals surface area (Å²) in [6.07, 6.45) is 2.23. The Bertz CT molecular complexity index is 530. The van der Waals surface area contributed by atoms with Gasteiger partial charge in [-0.3, -0.25) is 4.79 Å². The van der Waals surface area contributed by atoms with Crippen LogP contribution < -0.4 is 5.32 Å². The van der Waals surface area contributed by atoms with Gasteiger partial charge in [0.05, 0.1) is 5.56 Å². The van der Waals surface area contributed by atoms with Gasteiger partial charge in [0.15, 0.2) is 0 Å². The van der Waals surface area contributed by atoms with Crippen LogP contribution >= 0.6 is 0 Å².